The van der Waals surface area contributed by atoms with Crippen molar-refractivity contribution in [2.45, 2.75) is 70.7 Å². The topological polar surface area (TPSA) is 21.8 Å². The third kappa shape index (κ3) is 2.74. The lowest BCUT2D eigenvalue weighted by Gasteiger charge is -2.33. The molecule has 2 aliphatic rings. The van der Waals surface area contributed by atoms with Crippen molar-refractivity contribution >= 4 is 0 Å². The molecule has 0 unspecified atom stereocenters. The van der Waals surface area contributed by atoms with Crippen molar-refractivity contribution in [3.8, 4) is 0 Å². The van der Waals surface area contributed by atoms with Gasteiger partial charge in [-0.05, 0) is 40.0 Å². The summed E-state index contributed by atoms with van der Waals surface area (Å²) in [6.07, 6.45) is 9.29. The minimum Gasteiger partial charge on any atom is -0.381 e. The first kappa shape index (κ1) is 13.1. The summed E-state index contributed by atoms with van der Waals surface area (Å²) in [4.78, 5) is 0. The molecule has 17 heavy (non-hydrogen) atoms. The summed E-state index contributed by atoms with van der Waals surface area (Å²) >= 11 is 0. The number of methoxy groups -OCH3 is 1. The highest BCUT2D eigenvalue weighted by atomic mass is 16.6. The fraction of sp³-hybridized carbons (Fsp3) is 0.867. The van der Waals surface area contributed by atoms with E-state index in [4.69, 9.17) is 9.47 Å². The van der Waals surface area contributed by atoms with Crippen molar-refractivity contribution in [2.75, 3.05) is 7.11 Å². The highest BCUT2D eigenvalue weighted by Gasteiger charge is 2.58. The molecule has 1 saturated carbocycles. The molecule has 1 heterocycles. The summed E-state index contributed by atoms with van der Waals surface area (Å²) < 4.78 is 11.7. The second-order valence-corrected chi connectivity index (χ2v) is 5.97. The lowest BCUT2D eigenvalue weighted by molar-refractivity contribution is -0.00777. The predicted octanol–water partition coefficient (Wildman–Crippen LogP) is 3.71. The molecule has 0 aromatic rings. The van der Waals surface area contributed by atoms with Gasteiger partial charge in [0.2, 0.25) is 0 Å². The lowest BCUT2D eigenvalue weighted by atomic mass is 9.76. The maximum Gasteiger partial charge on any atom is 0.0976 e. The number of epoxide rings is 1. The largest absolute Gasteiger partial charge is 0.381 e. The summed E-state index contributed by atoms with van der Waals surface area (Å²) in [6, 6.07) is 0. The third-order valence-corrected chi connectivity index (χ3v) is 4.46. The van der Waals surface area contributed by atoms with Crippen LogP contribution in [0.2, 0.25) is 0 Å². The molecule has 98 valence electrons. The van der Waals surface area contributed by atoms with E-state index in [-0.39, 0.29) is 5.60 Å². The molecule has 2 rings (SSSR count). The molecule has 1 aliphatic carbocycles. The zero-order chi connectivity index (χ0) is 12.5. The van der Waals surface area contributed by atoms with E-state index in [0.29, 0.717) is 18.1 Å². The van der Waals surface area contributed by atoms with Gasteiger partial charge < -0.3 is 9.47 Å². The van der Waals surface area contributed by atoms with E-state index >= 15 is 0 Å². The van der Waals surface area contributed by atoms with E-state index in [9.17, 15) is 0 Å². The Hall–Kier alpha value is -0.340. The number of allylic oxidation sites excluding steroid dienone is 1. The Balaban J connectivity index is 1.95. The van der Waals surface area contributed by atoms with Gasteiger partial charge in [0.05, 0.1) is 17.8 Å². The average molecular weight is 238 g/mol. The minimum absolute atomic E-state index is 0.0764. The number of rotatable bonds is 4. The van der Waals surface area contributed by atoms with Crippen LogP contribution < -0.4 is 0 Å². The van der Waals surface area contributed by atoms with E-state index in [2.05, 4.69) is 26.8 Å². The SMILES string of the molecule is CO[C@@H]1CCCC[C@@H]1[C@@]1(C)O[C@@H]1CC=C(C)C. The van der Waals surface area contributed by atoms with Gasteiger partial charge in [-0.1, -0.05) is 24.5 Å². The molecule has 0 bridgehead atoms. The molecule has 0 amide bonds. The Kier molecular flexibility index (Phi) is 3.94. The van der Waals surface area contributed by atoms with Crippen molar-refractivity contribution in [1.29, 1.82) is 0 Å². The maximum atomic E-state index is 6.00. The van der Waals surface area contributed by atoms with Gasteiger partial charge in [-0.25, -0.2) is 0 Å². The van der Waals surface area contributed by atoms with E-state index in [0.717, 1.165) is 6.42 Å². The molecular weight excluding hydrogens is 212 g/mol. The Morgan fingerprint density at radius 3 is 2.71 bits per heavy atom. The number of hydrogen-bond donors (Lipinski definition) is 0. The smallest absolute Gasteiger partial charge is 0.0976 e. The molecule has 0 N–H and O–H groups in total. The molecule has 0 radical (unpaired) electrons. The van der Waals surface area contributed by atoms with E-state index < -0.39 is 0 Å². The van der Waals surface area contributed by atoms with E-state index in [1.165, 1.54) is 31.3 Å². The Morgan fingerprint density at radius 1 is 1.35 bits per heavy atom. The van der Waals surface area contributed by atoms with Crippen molar-refractivity contribution < 1.29 is 9.47 Å². The summed E-state index contributed by atoms with van der Waals surface area (Å²) in [5.74, 6) is 0.594. The first-order valence-electron chi connectivity index (χ1n) is 6.92. The van der Waals surface area contributed by atoms with Gasteiger partial charge >= 0.3 is 0 Å². The van der Waals surface area contributed by atoms with Crippen LogP contribution in [0.1, 0.15) is 52.9 Å². The van der Waals surface area contributed by atoms with Crippen LogP contribution in [0.3, 0.4) is 0 Å². The van der Waals surface area contributed by atoms with Gasteiger partial charge in [-0.3, -0.25) is 0 Å². The molecule has 4 atom stereocenters. The Morgan fingerprint density at radius 2 is 2.06 bits per heavy atom. The second kappa shape index (κ2) is 5.11. The van der Waals surface area contributed by atoms with Crippen LogP contribution in [0.5, 0.6) is 0 Å². The highest BCUT2D eigenvalue weighted by molar-refractivity contribution is 5.10. The summed E-state index contributed by atoms with van der Waals surface area (Å²) in [5.41, 5.74) is 1.46. The fourth-order valence-corrected chi connectivity index (χ4v) is 3.26. The molecular formula is C15H26O2. The number of ether oxygens (including phenoxy) is 2. The molecule has 2 heteroatoms. The summed E-state index contributed by atoms with van der Waals surface area (Å²) in [7, 11) is 1.85. The third-order valence-electron chi connectivity index (χ3n) is 4.46. The van der Waals surface area contributed by atoms with Gasteiger partial charge in [-0.15, -0.1) is 0 Å². The zero-order valence-corrected chi connectivity index (χ0v) is 11.7. The molecule has 1 saturated heterocycles. The van der Waals surface area contributed by atoms with E-state index in [1.807, 2.05) is 7.11 Å². The number of hydrogen-bond acceptors (Lipinski definition) is 2. The van der Waals surface area contributed by atoms with Gasteiger partial charge in [0.15, 0.2) is 0 Å². The Bertz CT molecular complexity index is 293. The average Bonchev–Trinajstić information content (AvgIpc) is 2.99. The minimum atomic E-state index is 0.0764. The van der Waals surface area contributed by atoms with E-state index in [1.54, 1.807) is 0 Å². The van der Waals surface area contributed by atoms with Crippen molar-refractivity contribution in [2.24, 2.45) is 5.92 Å². The molecule has 2 nitrogen and oxygen atoms in total. The summed E-state index contributed by atoms with van der Waals surface area (Å²) in [5, 5.41) is 0. The van der Waals surface area contributed by atoms with Crippen molar-refractivity contribution in [3.63, 3.8) is 0 Å². The second-order valence-electron chi connectivity index (χ2n) is 5.97. The Labute approximate surface area is 105 Å². The standard InChI is InChI=1S/C15H26O2/c1-11(2)9-10-14-15(3,17-14)12-7-5-6-8-13(12)16-4/h9,12-14H,5-8,10H2,1-4H3/t12-,13+,14+,15+/m0/s1. The van der Waals surface area contributed by atoms with Crippen LogP contribution in [0.25, 0.3) is 0 Å². The van der Waals surface area contributed by atoms with Crippen LogP contribution in [0.15, 0.2) is 11.6 Å². The van der Waals surface area contributed by atoms with Crippen molar-refractivity contribution in [3.05, 3.63) is 11.6 Å². The van der Waals surface area contributed by atoms with Gasteiger partial charge in [-0.2, -0.15) is 0 Å². The quantitative estimate of drug-likeness (QED) is 0.550. The molecule has 0 spiro atoms. The van der Waals surface area contributed by atoms with Crippen LogP contribution in [0.4, 0.5) is 0 Å². The monoisotopic (exact) mass is 238 g/mol. The highest BCUT2D eigenvalue weighted by Crippen LogP contribution is 2.50. The van der Waals surface area contributed by atoms with Crippen LogP contribution >= 0.6 is 0 Å². The first-order chi connectivity index (χ1) is 8.08. The van der Waals surface area contributed by atoms with Gasteiger partial charge in [0, 0.05) is 13.0 Å². The van der Waals surface area contributed by atoms with Gasteiger partial charge in [0.25, 0.3) is 0 Å². The molecule has 1 aliphatic heterocycles. The molecule has 2 fully saturated rings. The van der Waals surface area contributed by atoms with Gasteiger partial charge in [0.1, 0.15) is 0 Å². The normalized spacial score (nSPS) is 41.1. The van der Waals surface area contributed by atoms with Crippen LogP contribution in [0, 0.1) is 5.92 Å². The fourth-order valence-electron chi connectivity index (χ4n) is 3.26. The summed E-state index contributed by atoms with van der Waals surface area (Å²) in [6.45, 7) is 6.58. The predicted molar refractivity (Wildman–Crippen MR) is 70.1 cm³/mol. The lowest BCUT2D eigenvalue weighted by Crippen LogP contribution is -2.37. The van der Waals surface area contributed by atoms with Crippen molar-refractivity contribution in [1.82, 2.24) is 0 Å². The molecule has 0 aromatic carbocycles. The van der Waals surface area contributed by atoms with Crippen LogP contribution in [-0.2, 0) is 9.47 Å². The van der Waals surface area contributed by atoms with Crippen LogP contribution in [-0.4, -0.2) is 24.9 Å². The maximum absolute atomic E-state index is 6.00. The molecule has 0 aromatic heterocycles. The first-order valence-corrected chi connectivity index (χ1v) is 6.92. The zero-order valence-electron chi connectivity index (χ0n) is 11.7.